The van der Waals surface area contributed by atoms with E-state index >= 15 is 0 Å². The molecule has 2 aromatic carbocycles. The maximum absolute atomic E-state index is 12.6. The second-order valence-corrected chi connectivity index (χ2v) is 5.93. The molecule has 1 amide bonds. The van der Waals surface area contributed by atoms with Crippen molar-refractivity contribution in [1.82, 2.24) is 4.90 Å². The highest BCUT2D eigenvalue weighted by atomic mass is 16.6. The van der Waals surface area contributed by atoms with E-state index in [4.69, 9.17) is 4.74 Å². The molecule has 1 N–H and O–H groups in total. The number of likely N-dealkylation sites (N-methyl/N-ethyl adjacent to an activating group) is 1. The summed E-state index contributed by atoms with van der Waals surface area (Å²) in [6.07, 6.45) is -1.35. The molecule has 120 valence electrons. The van der Waals surface area contributed by atoms with Gasteiger partial charge in [0, 0.05) is 7.05 Å². The van der Waals surface area contributed by atoms with Crippen LogP contribution in [0.2, 0.25) is 0 Å². The third kappa shape index (κ3) is 3.28. The summed E-state index contributed by atoms with van der Waals surface area (Å²) in [6.45, 7) is 1.84. The number of amides is 1. The van der Waals surface area contributed by atoms with Crippen LogP contribution in [0.25, 0.3) is 0 Å². The highest BCUT2D eigenvalue weighted by Gasteiger charge is 2.48. The number of carbonyl (C=O) groups excluding carboxylic acids is 1. The molecule has 0 unspecified atom stereocenters. The smallest absolute Gasteiger partial charge is 0.254 e. The van der Waals surface area contributed by atoms with Crippen LogP contribution in [0.3, 0.4) is 0 Å². The molecule has 1 heterocycles. The minimum atomic E-state index is -0.723. The summed E-state index contributed by atoms with van der Waals surface area (Å²) in [5.41, 5.74) is 1.81. The molecule has 4 heteroatoms. The van der Waals surface area contributed by atoms with Gasteiger partial charge < -0.3 is 14.7 Å². The van der Waals surface area contributed by atoms with Crippen LogP contribution in [-0.2, 0) is 9.53 Å². The molecular weight excluding hydrogens is 290 g/mol. The largest absolute Gasteiger partial charge is 0.386 e. The molecule has 0 aromatic heterocycles. The molecule has 1 fully saturated rings. The van der Waals surface area contributed by atoms with Gasteiger partial charge in [-0.05, 0) is 18.1 Å². The maximum Gasteiger partial charge on any atom is 0.254 e. The van der Waals surface area contributed by atoms with E-state index < -0.39 is 12.2 Å². The summed E-state index contributed by atoms with van der Waals surface area (Å²) in [6, 6.07) is 18.8. The highest BCUT2D eigenvalue weighted by molar-refractivity contribution is 5.84. The van der Waals surface area contributed by atoms with Crippen LogP contribution >= 0.6 is 0 Å². The van der Waals surface area contributed by atoms with Crippen molar-refractivity contribution >= 4 is 5.91 Å². The summed E-state index contributed by atoms with van der Waals surface area (Å²) in [5, 5.41) is 10.5. The summed E-state index contributed by atoms with van der Waals surface area (Å²) >= 11 is 0. The predicted molar refractivity (Wildman–Crippen MR) is 87.7 cm³/mol. The van der Waals surface area contributed by atoms with Crippen molar-refractivity contribution in [1.29, 1.82) is 0 Å². The van der Waals surface area contributed by atoms with Crippen molar-refractivity contribution in [3.05, 3.63) is 71.8 Å². The molecule has 23 heavy (non-hydrogen) atoms. The van der Waals surface area contributed by atoms with Crippen molar-refractivity contribution in [3.8, 4) is 0 Å². The zero-order valence-electron chi connectivity index (χ0n) is 13.3. The number of hydrogen-bond donors (Lipinski definition) is 1. The number of aliphatic hydroxyl groups excluding tert-OH is 1. The molecule has 0 bridgehead atoms. The monoisotopic (exact) mass is 311 g/mol. The van der Waals surface area contributed by atoms with Crippen LogP contribution in [0.4, 0.5) is 0 Å². The Balaban J connectivity index is 1.64. The van der Waals surface area contributed by atoms with Gasteiger partial charge >= 0.3 is 0 Å². The van der Waals surface area contributed by atoms with E-state index in [0.29, 0.717) is 0 Å². The lowest BCUT2D eigenvalue weighted by atomic mass is 10.0. The maximum atomic E-state index is 12.6. The van der Waals surface area contributed by atoms with Crippen molar-refractivity contribution in [2.24, 2.45) is 0 Å². The number of epoxide rings is 1. The molecule has 4 nitrogen and oxygen atoms in total. The van der Waals surface area contributed by atoms with Crippen LogP contribution in [-0.4, -0.2) is 35.1 Å². The van der Waals surface area contributed by atoms with E-state index in [9.17, 15) is 9.90 Å². The first-order valence-electron chi connectivity index (χ1n) is 7.79. The number of ether oxygens (including phenoxy) is 1. The molecule has 0 spiro atoms. The predicted octanol–water partition coefficient (Wildman–Crippen LogP) is 2.71. The number of nitrogens with zero attached hydrogens (tertiary/aromatic N) is 1. The first-order chi connectivity index (χ1) is 11.1. The lowest BCUT2D eigenvalue weighted by molar-refractivity contribution is -0.135. The molecule has 2 aromatic rings. The second-order valence-electron chi connectivity index (χ2n) is 5.93. The van der Waals surface area contributed by atoms with Gasteiger partial charge in [-0.2, -0.15) is 0 Å². The highest BCUT2D eigenvalue weighted by Crippen LogP contribution is 2.40. The number of hydrogen-bond acceptors (Lipinski definition) is 3. The van der Waals surface area contributed by atoms with Gasteiger partial charge in [0.15, 0.2) is 6.10 Å². The molecule has 0 radical (unpaired) electrons. The Morgan fingerprint density at radius 1 is 1.09 bits per heavy atom. The Kier molecular flexibility index (Phi) is 4.46. The lowest BCUT2D eigenvalue weighted by Gasteiger charge is -2.29. The minimum absolute atomic E-state index is 0.0960. The minimum Gasteiger partial charge on any atom is -0.386 e. The summed E-state index contributed by atoms with van der Waals surface area (Å²) in [4.78, 5) is 14.1. The van der Waals surface area contributed by atoms with Gasteiger partial charge in [0.1, 0.15) is 6.10 Å². The van der Waals surface area contributed by atoms with E-state index in [1.54, 1.807) is 11.9 Å². The fraction of sp³-hybridized carbons (Fsp3) is 0.316. The molecule has 3 rings (SSSR count). The average Bonchev–Trinajstić information content (AvgIpc) is 3.41. The summed E-state index contributed by atoms with van der Waals surface area (Å²) in [5.74, 6) is -0.0960. The van der Waals surface area contributed by atoms with Crippen LogP contribution in [0.15, 0.2) is 60.7 Å². The summed E-state index contributed by atoms with van der Waals surface area (Å²) < 4.78 is 5.55. The molecule has 1 aliphatic heterocycles. The molecule has 0 saturated carbocycles. The van der Waals surface area contributed by atoms with Crippen LogP contribution in [0.5, 0.6) is 0 Å². The topological polar surface area (TPSA) is 53.1 Å². The van der Waals surface area contributed by atoms with Crippen molar-refractivity contribution < 1.29 is 14.6 Å². The van der Waals surface area contributed by atoms with Crippen LogP contribution < -0.4 is 0 Å². The van der Waals surface area contributed by atoms with E-state index in [-0.39, 0.29) is 18.1 Å². The van der Waals surface area contributed by atoms with Gasteiger partial charge in [0.05, 0.1) is 12.1 Å². The zero-order valence-corrected chi connectivity index (χ0v) is 13.3. The van der Waals surface area contributed by atoms with Gasteiger partial charge in [-0.25, -0.2) is 0 Å². The Hall–Kier alpha value is -2.17. The molecule has 0 aliphatic carbocycles. The molecule has 1 saturated heterocycles. The Morgan fingerprint density at radius 3 is 2.26 bits per heavy atom. The van der Waals surface area contributed by atoms with Crippen molar-refractivity contribution in [2.45, 2.75) is 31.3 Å². The molecule has 1 aliphatic rings. The fourth-order valence-electron chi connectivity index (χ4n) is 2.74. The van der Waals surface area contributed by atoms with E-state index in [0.717, 1.165) is 11.1 Å². The molecule has 4 atom stereocenters. The third-order valence-electron chi connectivity index (χ3n) is 4.42. The number of aliphatic hydroxyl groups is 1. The first-order valence-corrected chi connectivity index (χ1v) is 7.79. The van der Waals surface area contributed by atoms with Crippen LogP contribution in [0, 0.1) is 0 Å². The van der Waals surface area contributed by atoms with Crippen molar-refractivity contribution in [3.63, 3.8) is 0 Å². The summed E-state index contributed by atoms with van der Waals surface area (Å²) in [7, 11) is 1.71. The number of carbonyl (C=O) groups is 1. The van der Waals surface area contributed by atoms with Gasteiger partial charge in [-0.3, -0.25) is 4.79 Å². The Bertz CT molecular complexity index is 659. The lowest BCUT2D eigenvalue weighted by Crippen LogP contribution is -2.41. The van der Waals surface area contributed by atoms with Crippen LogP contribution in [0.1, 0.15) is 30.3 Å². The quantitative estimate of drug-likeness (QED) is 0.864. The van der Waals surface area contributed by atoms with Gasteiger partial charge in [-0.15, -0.1) is 0 Å². The van der Waals surface area contributed by atoms with E-state index in [2.05, 4.69) is 0 Å². The van der Waals surface area contributed by atoms with Gasteiger partial charge in [0.25, 0.3) is 5.91 Å². The van der Waals surface area contributed by atoms with E-state index in [1.165, 1.54) is 0 Å². The second kappa shape index (κ2) is 6.52. The average molecular weight is 311 g/mol. The Morgan fingerprint density at radius 2 is 1.65 bits per heavy atom. The normalized spacial score (nSPS) is 22.2. The van der Waals surface area contributed by atoms with Gasteiger partial charge in [0.2, 0.25) is 0 Å². The standard InChI is InChI=1S/C19H21NO3/c1-13(16(21)14-9-5-3-6-10-14)20(2)19(22)18-17(23-18)15-11-7-4-8-12-15/h3-13,16-18,21H,1-2H3/t13-,16+,17-,18+/m0/s1. The molecular formula is C19H21NO3. The number of rotatable bonds is 5. The van der Waals surface area contributed by atoms with E-state index in [1.807, 2.05) is 67.6 Å². The SMILES string of the molecule is C[C@@H]([C@@H](O)c1ccccc1)N(C)C(=O)[C@@H]1O[C@H]1c1ccccc1. The number of benzene rings is 2. The fourth-order valence-corrected chi connectivity index (χ4v) is 2.74. The third-order valence-corrected chi connectivity index (χ3v) is 4.42. The Labute approximate surface area is 136 Å². The zero-order chi connectivity index (χ0) is 16.4. The first kappa shape index (κ1) is 15.7. The van der Waals surface area contributed by atoms with Gasteiger partial charge in [-0.1, -0.05) is 60.7 Å². The van der Waals surface area contributed by atoms with Crippen molar-refractivity contribution in [2.75, 3.05) is 7.05 Å².